The molecule has 0 bridgehead atoms. The zero-order chi connectivity index (χ0) is 15.9. The van der Waals surface area contributed by atoms with Crippen LogP contribution in [-0.4, -0.2) is 25.1 Å². The van der Waals surface area contributed by atoms with Crippen molar-refractivity contribution in [1.29, 1.82) is 0 Å². The Morgan fingerprint density at radius 1 is 1.14 bits per heavy atom. The van der Waals surface area contributed by atoms with Crippen molar-refractivity contribution < 1.29 is 14.3 Å². The van der Waals surface area contributed by atoms with E-state index in [1.54, 1.807) is 32.7 Å². The number of hydrogen-bond donors (Lipinski definition) is 1. The van der Waals surface area contributed by atoms with Gasteiger partial charge in [-0.1, -0.05) is 6.07 Å². The first-order chi connectivity index (χ1) is 10.6. The average molecular weight is 300 g/mol. The van der Waals surface area contributed by atoms with Crippen LogP contribution in [0.5, 0.6) is 11.5 Å². The van der Waals surface area contributed by atoms with Gasteiger partial charge in [0, 0.05) is 12.4 Å². The molecule has 0 saturated carbocycles. The second-order valence-electron chi connectivity index (χ2n) is 4.94. The number of hydrogen-bond acceptors (Lipinski definition) is 4. The molecule has 0 fully saturated rings. The standard InChI is InChI=1S/C17H20N2O3/c1-12(14-6-8-18-9-7-14)19-17(20)11-13-4-5-15(21-2)16(10-13)22-3/h4-10,12H,11H2,1-3H3,(H,19,20). The highest BCUT2D eigenvalue weighted by Crippen LogP contribution is 2.27. The van der Waals surface area contributed by atoms with Gasteiger partial charge in [0.1, 0.15) is 0 Å². The van der Waals surface area contributed by atoms with Gasteiger partial charge in [-0.3, -0.25) is 9.78 Å². The molecule has 0 spiro atoms. The number of rotatable bonds is 6. The first-order valence-electron chi connectivity index (χ1n) is 7.04. The summed E-state index contributed by atoms with van der Waals surface area (Å²) in [4.78, 5) is 16.1. The van der Waals surface area contributed by atoms with E-state index in [4.69, 9.17) is 9.47 Å². The summed E-state index contributed by atoms with van der Waals surface area (Å²) in [5.41, 5.74) is 1.90. The Kier molecular flexibility index (Phi) is 5.36. The van der Waals surface area contributed by atoms with E-state index in [1.165, 1.54) is 0 Å². The number of carbonyl (C=O) groups excluding carboxylic acids is 1. The lowest BCUT2D eigenvalue weighted by Gasteiger charge is -2.14. The molecule has 1 aromatic heterocycles. The monoisotopic (exact) mass is 300 g/mol. The van der Waals surface area contributed by atoms with Crippen LogP contribution in [0.3, 0.4) is 0 Å². The van der Waals surface area contributed by atoms with Crippen molar-refractivity contribution in [3.63, 3.8) is 0 Å². The maximum absolute atomic E-state index is 12.2. The number of amides is 1. The molecule has 1 heterocycles. The molecule has 116 valence electrons. The van der Waals surface area contributed by atoms with E-state index in [-0.39, 0.29) is 18.4 Å². The van der Waals surface area contributed by atoms with Crippen LogP contribution in [0.4, 0.5) is 0 Å². The van der Waals surface area contributed by atoms with Crippen molar-refractivity contribution >= 4 is 5.91 Å². The molecule has 2 aromatic rings. The van der Waals surface area contributed by atoms with Crippen molar-refractivity contribution in [3.05, 3.63) is 53.9 Å². The largest absolute Gasteiger partial charge is 0.493 e. The molecule has 1 atom stereocenters. The van der Waals surface area contributed by atoms with Crippen LogP contribution in [-0.2, 0) is 11.2 Å². The molecule has 1 aromatic carbocycles. The number of nitrogens with one attached hydrogen (secondary N) is 1. The fourth-order valence-electron chi connectivity index (χ4n) is 2.20. The third-order valence-electron chi connectivity index (χ3n) is 3.40. The molecule has 1 unspecified atom stereocenters. The minimum absolute atomic E-state index is 0.0449. The number of carbonyl (C=O) groups is 1. The van der Waals surface area contributed by atoms with Crippen molar-refractivity contribution in [2.24, 2.45) is 0 Å². The van der Waals surface area contributed by atoms with Crippen molar-refractivity contribution in [2.45, 2.75) is 19.4 Å². The van der Waals surface area contributed by atoms with E-state index >= 15 is 0 Å². The van der Waals surface area contributed by atoms with Gasteiger partial charge in [-0.05, 0) is 42.3 Å². The van der Waals surface area contributed by atoms with Gasteiger partial charge in [0.2, 0.25) is 5.91 Å². The highest BCUT2D eigenvalue weighted by molar-refractivity contribution is 5.79. The van der Waals surface area contributed by atoms with E-state index in [1.807, 2.05) is 31.2 Å². The van der Waals surface area contributed by atoms with Crippen molar-refractivity contribution in [1.82, 2.24) is 10.3 Å². The van der Waals surface area contributed by atoms with Crippen LogP contribution in [0.25, 0.3) is 0 Å². The van der Waals surface area contributed by atoms with Crippen LogP contribution < -0.4 is 14.8 Å². The average Bonchev–Trinajstić information content (AvgIpc) is 2.55. The van der Waals surface area contributed by atoms with Gasteiger partial charge in [0.05, 0.1) is 26.7 Å². The molecule has 1 N–H and O–H groups in total. The minimum atomic E-state index is -0.0596. The maximum Gasteiger partial charge on any atom is 0.224 e. The predicted molar refractivity (Wildman–Crippen MR) is 84.0 cm³/mol. The molecule has 5 heteroatoms. The van der Waals surface area contributed by atoms with Gasteiger partial charge in [-0.25, -0.2) is 0 Å². The second kappa shape index (κ2) is 7.45. The molecule has 0 aliphatic heterocycles. The van der Waals surface area contributed by atoms with E-state index in [0.29, 0.717) is 11.5 Å². The Morgan fingerprint density at radius 2 is 1.82 bits per heavy atom. The Labute approximate surface area is 130 Å². The van der Waals surface area contributed by atoms with Crippen LogP contribution in [0, 0.1) is 0 Å². The molecule has 1 amide bonds. The third-order valence-corrected chi connectivity index (χ3v) is 3.40. The summed E-state index contributed by atoms with van der Waals surface area (Å²) < 4.78 is 10.4. The molecule has 0 aliphatic rings. The van der Waals surface area contributed by atoms with E-state index < -0.39 is 0 Å². The SMILES string of the molecule is COc1ccc(CC(=O)NC(C)c2ccncc2)cc1OC. The fraction of sp³-hybridized carbons (Fsp3) is 0.294. The number of methoxy groups -OCH3 is 2. The number of aromatic nitrogens is 1. The van der Waals surface area contributed by atoms with Gasteiger partial charge in [-0.2, -0.15) is 0 Å². The first kappa shape index (κ1) is 15.8. The number of benzene rings is 1. The van der Waals surface area contributed by atoms with Crippen molar-refractivity contribution in [3.8, 4) is 11.5 Å². The summed E-state index contributed by atoms with van der Waals surface area (Å²) in [6.07, 6.45) is 3.72. The highest BCUT2D eigenvalue weighted by atomic mass is 16.5. The highest BCUT2D eigenvalue weighted by Gasteiger charge is 2.11. The van der Waals surface area contributed by atoms with Gasteiger partial charge in [-0.15, -0.1) is 0 Å². The number of nitrogens with zero attached hydrogens (tertiary/aromatic N) is 1. The topological polar surface area (TPSA) is 60.5 Å². The number of pyridine rings is 1. The van der Waals surface area contributed by atoms with Crippen molar-refractivity contribution in [2.75, 3.05) is 14.2 Å². The Morgan fingerprint density at radius 3 is 2.45 bits per heavy atom. The zero-order valence-electron chi connectivity index (χ0n) is 13.0. The van der Waals surface area contributed by atoms with Gasteiger partial charge < -0.3 is 14.8 Å². The molecular formula is C17H20N2O3. The summed E-state index contributed by atoms with van der Waals surface area (Å²) in [7, 11) is 3.16. The van der Waals surface area contributed by atoms with E-state index in [0.717, 1.165) is 11.1 Å². The summed E-state index contributed by atoms with van der Waals surface area (Å²) in [6.45, 7) is 1.95. The predicted octanol–water partition coefficient (Wildman–Crippen LogP) is 2.52. The lowest BCUT2D eigenvalue weighted by atomic mass is 10.1. The van der Waals surface area contributed by atoms with Gasteiger partial charge in [0.25, 0.3) is 0 Å². The third kappa shape index (κ3) is 3.97. The van der Waals surface area contributed by atoms with E-state index in [2.05, 4.69) is 10.3 Å². The quantitative estimate of drug-likeness (QED) is 0.890. The minimum Gasteiger partial charge on any atom is -0.493 e. The Hall–Kier alpha value is -2.56. The molecule has 2 rings (SSSR count). The molecule has 0 saturated heterocycles. The fourth-order valence-corrected chi connectivity index (χ4v) is 2.20. The smallest absolute Gasteiger partial charge is 0.224 e. The summed E-state index contributed by atoms with van der Waals surface area (Å²) in [5.74, 6) is 1.23. The first-order valence-corrected chi connectivity index (χ1v) is 7.04. The second-order valence-corrected chi connectivity index (χ2v) is 4.94. The van der Waals surface area contributed by atoms with Crippen LogP contribution in [0.1, 0.15) is 24.1 Å². The maximum atomic E-state index is 12.2. The van der Waals surface area contributed by atoms with Crippen LogP contribution in [0.15, 0.2) is 42.7 Å². The Bertz CT molecular complexity index is 629. The molecule has 5 nitrogen and oxygen atoms in total. The van der Waals surface area contributed by atoms with Gasteiger partial charge >= 0.3 is 0 Å². The summed E-state index contributed by atoms with van der Waals surface area (Å²) in [5, 5.41) is 2.97. The molecule has 22 heavy (non-hydrogen) atoms. The van der Waals surface area contributed by atoms with Gasteiger partial charge in [0.15, 0.2) is 11.5 Å². The zero-order valence-corrected chi connectivity index (χ0v) is 13.0. The Balaban J connectivity index is 2.00. The lowest BCUT2D eigenvalue weighted by molar-refractivity contribution is -0.121. The molecule has 0 radical (unpaired) electrons. The molecule has 0 aliphatic carbocycles. The van der Waals surface area contributed by atoms with Crippen LogP contribution >= 0.6 is 0 Å². The van der Waals surface area contributed by atoms with Crippen LogP contribution in [0.2, 0.25) is 0 Å². The summed E-state index contributed by atoms with van der Waals surface area (Å²) >= 11 is 0. The lowest BCUT2D eigenvalue weighted by Crippen LogP contribution is -2.28. The van der Waals surface area contributed by atoms with E-state index in [9.17, 15) is 4.79 Å². The normalized spacial score (nSPS) is 11.6. The summed E-state index contributed by atoms with van der Waals surface area (Å²) in [6, 6.07) is 9.19. The number of ether oxygens (including phenoxy) is 2. The molecular weight excluding hydrogens is 280 g/mol.